The lowest BCUT2D eigenvalue weighted by Gasteiger charge is -2.23. The topological polar surface area (TPSA) is 57.6 Å². The maximum absolute atomic E-state index is 13.4. The summed E-state index contributed by atoms with van der Waals surface area (Å²) in [6.07, 6.45) is -0.326. The molecule has 0 spiro atoms. The maximum Gasteiger partial charge on any atom is 0.264 e. The first-order valence-electron chi connectivity index (χ1n) is 9.78. The van der Waals surface area contributed by atoms with E-state index in [2.05, 4.69) is 6.07 Å². The predicted molar refractivity (Wildman–Crippen MR) is 118 cm³/mol. The van der Waals surface area contributed by atoms with Gasteiger partial charge in [-0.2, -0.15) is 0 Å². The van der Waals surface area contributed by atoms with Gasteiger partial charge >= 0.3 is 0 Å². The van der Waals surface area contributed by atoms with Crippen molar-refractivity contribution in [1.29, 1.82) is 0 Å². The van der Waals surface area contributed by atoms with Crippen LogP contribution in [0.2, 0.25) is 5.02 Å². The third kappa shape index (κ3) is 3.53. The second-order valence-corrected chi connectivity index (χ2v) is 8.24. The SMILES string of the molecule is Cc1ccc(CN2C(=O)[C@](O)(CC(=O)c3ccc(Cl)cc3)c3ccccc32)c(C)c1. The van der Waals surface area contributed by atoms with Crippen molar-refractivity contribution in [3.8, 4) is 0 Å². The molecule has 0 unspecified atom stereocenters. The smallest absolute Gasteiger partial charge is 0.264 e. The summed E-state index contributed by atoms with van der Waals surface area (Å²) in [6, 6.07) is 19.6. The number of para-hydroxylation sites is 1. The fourth-order valence-electron chi connectivity index (χ4n) is 4.00. The normalized spacial score (nSPS) is 17.9. The second-order valence-electron chi connectivity index (χ2n) is 7.81. The Hall–Kier alpha value is -2.95. The maximum atomic E-state index is 13.4. The molecule has 152 valence electrons. The number of nitrogens with zero attached hydrogens (tertiary/aromatic N) is 1. The molecule has 0 aromatic heterocycles. The third-order valence-corrected chi connectivity index (χ3v) is 5.90. The van der Waals surface area contributed by atoms with E-state index in [1.54, 1.807) is 41.3 Å². The largest absolute Gasteiger partial charge is 0.375 e. The number of benzene rings is 3. The molecule has 4 nitrogen and oxygen atoms in total. The molecule has 1 aliphatic heterocycles. The minimum Gasteiger partial charge on any atom is -0.375 e. The van der Waals surface area contributed by atoms with Crippen molar-refractivity contribution in [3.63, 3.8) is 0 Å². The molecule has 0 fully saturated rings. The van der Waals surface area contributed by atoms with Crippen LogP contribution in [0.3, 0.4) is 0 Å². The van der Waals surface area contributed by atoms with Crippen molar-refractivity contribution >= 4 is 29.0 Å². The van der Waals surface area contributed by atoms with Crippen molar-refractivity contribution < 1.29 is 14.7 Å². The van der Waals surface area contributed by atoms with Crippen molar-refractivity contribution in [1.82, 2.24) is 0 Å². The Morgan fingerprint density at radius 2 is 1.73 bits per heavy atom. The summed E-state index contributed by atoms with van der Waals surface area (Å²) in [5.41, 5.74) is 2.83. The van der Waals surface area contributed by atoms with Crippen LogP contribution in [0.25, 0.3) is 0 Å². The number of Topliss-reactive ketones (excluding diaryl/α,β-unsaturated/α-hetero) is 1. The van der Waals surface area contributed by atoms with Crippen LogP contribution in [-0.2, 0) is 16.9 Å². The summed E-state index contributed by atoms with van der Waals surface area (Å²) in [7, 11) is 0. The molecule has 5 heteroatoms. The lowest BCUT2D eigenvalue weighted by molar-refractivity contribution is -0.136. The first-order valence-corrected chi connectivity index (χ1v) is 10.2. The van der Waals surface area contributed by atoms with E-state index in [0.29, 0.717) is 28.4 Å². The van der Waals surface area contributed by atoms with E-state index in [0.717, 1.165) is 16.7 Å². The van der Waals surface area contributed by atoms with E-state index >= 15 is 0 Å². The number of hydrogen-bond donors (Lipinski definition) is 1. The quantitative estimate of drug-likeness (QED) is 0.594. The Labute approximate surface area is 180 Å². The standard InChI is InChI=1S/C25H22ClNO3/c1-16-7-8-19(17(2)13-16)15-27-22-6-4-3-5-21(22)25(30,24(27)29)14-23(28)18-9-11-20(26)12-10-18/h3-13,30H,14-15H2,1-2H3/t25-/m0/s1. The summed E-state index contributed by atoms with van der Waals surface area (Å²) in [6.45, 7) is 4.36. The molecule has 0 saturated carbocycles. The predicted octanol–water partition coefficient (Wildman–Crippen LogP) is 4.96. The van der Waals surface area contributed by atoms with Crippen LogP contribution in [0.15, 0.2) is 66.7 Å². The molecular weight excluding hydrogens is 398 g/mol. The summed E-state index contributed by atoms with van der Waals surface area (Å²) < 4.78 is 0. The Morgan fingerprint density at radius 3 is 2.43 bits per heavy atom. The van der Waals surface area contributed by atoms with E-state index in [1.807, 2.05) is 38.1 Å². The van der Waals surface area contributed by atoms with Crippen LogP contribution in [0.5, 0.6) is 0 Å². The third-order valence-electron chi connectivity index (χ3n) is 5.65. The fraction of sp³-hybridized carbons (Fsp3) is 0.200. The number of amides is 1. The van der Waals surface area contributed by atoms with Crippen molar-refractivity contribution in [2.45, 2.75) is 32.4 Å². The Bertz CT molecular complexity index is 1140. The van der Waals surface area contributed by atoms with E-state index in [1.165, 1.54) is 0 Å². The lowest BCUT2D eigenvalue weighted by Crippen LogP contribution is -2.41. The summed E-state index contributed by atoms with van der Waals surface area (Å²) in [5.74, 6) is -0.795. The van der Waals surface area contributed by atoms with Gasteiger partial charge in [0.2, 0.25) is 0 Å². The highest BCUT2D eigenvalue weighted by atomic mass is 35.5. The van der Waals surface area contributed by atoms with Gasteiger partial charge in [0.1, 0.15) is 0 Å². The van der Waals surface area contributed by atoms with Crippen LogP contribution in [0.1, 0.15) is 39.0 Å². The highest BCUT2D eigenvalue weighted by molar-refractivity contribution is 6.30. The van der Waals surface area contributed by atoms with Crippen molar-refractivity contribution in [2.24, 2.45) is 0 Å². The summed E-state index contributed by atoms with van der Waals surface area (Å²) >= 11 is 5.90. The number of rotatable bonds is 5. The first kappa shape index (κ1) is 20.3. The fourth-order valence-corrected chi connectivity index (χ4v) is 4.12. The second kappa shape index (κ2) is 7.71. The highest BCUT2D eigenvalue weighted by Gasteiger charge is 2.50. The average molecular weight is 420 g/mol. The Balaban J connectivity index is 1.68. The van der Waals surface area contributed by atoms with Gasteiger partial charge in [-0.25, -0.2) is 0 Å². The molecule has 0 radical (unpaired) electrons. The molecular formula is C25H22ClNO3. The molecule has 3 aromatic carbocycles. The van der Waals surface area contributed by atoms with Crippen LogP contribution in [0.4, 0.5) is 5.69 Å². The molecule has 1 amide bonds. The number of aryl methyl sites for hydroxylation is 2. The number of hydrogen-bond acceptors (Lipinski definition) is 3. The van der Waals surface area contributed by atoms with Gasteiger partial charge in [0.15, 0.2) is 11.4 Å². The molecule has 1 N–H and O–H groups in total. The van der Waals surface area contributed by atoms with Gasteiger partial charge in [0.05, 0.1) is 18.7 Å². The van der Waals surface area contributed by atoms with Crippen LogP contribution in [0, 0.1) is 13.8 Å². The van der Waals surface area contributed by atoms with Gasteiger partial charge in [-0.05, 0) is 55.3 Å². The number of anilines is 1. The molecule has 0 bridgehead atoms. The average Bonchev–Trinajstić information content (AvgIpc) is 2.92. The van der Waals surface area contributed by atoms with E-state index < -0.39 is 11.5 Å². The number of carbonyl (C=O) groups excluding carboxylic acids is 2. The molecule has 1 heterocycles. The Morgan fingerprint density at radius 1 is 1.03 bits per heavy atom. The summed E-state index contributed by atoms with van der Waals surface area (Å²) in [4.78, 5) is 27.8. The molecule has 30 heavy (non-hydrogen) atoms. The molecule has 1 aliphatic rings. The van der Waals surface area contributed by atoms with E-state index in [9.17, 15) is 14.7 Å². The number of halogens is 1. The van der Waals surface area contributed by atoms with Gasteiger partial charge in [-0.3, -0.25) is 9.59 Å². The van der Waals surface area contributed by atoms with Gasteiger partial charge in [-0.1, -0.05) is 53.6 Å². The van der Waals surface area contributed by atoms with Crippen molar-refractivity contribution in [2.75, 3.05) is 4.90 Å². The number of carbonyl (C=O) groups is 2. The van der Waals surface area contributed by atoms with Gasteiger partial charge in [0.25, 0.3) is 5.91 Å². The minimum absolute atomic E-state index is 0.314. The molecule has 1 atom stereocenters. The number of aliphatic hydroxyl groups is 1. The van der Waals surface area contributed by atoms with Gasteiger partial charge in [-0.15, -0.1) is 0 Å². The van der Waals surface area contributed by atoms with Crippen LogP contribution in [-0.4, -0.2) is 16.8 Å². The van der Waals surface area contributed by atoms with Gasteiger partial charge < -0.3 is 10.0 Å². The molecule has 4 rings (SSSR count). The minimum atomic E-state index is -1.90. The summed E-state index contributed by atoms with van der Waals surface area (Å²) in [5, 5.41) is 11.9. The zero-order valence-corrected chi connectivity index (χ0v) is 17.6. The Kier molecular flexibility index (Phi) is 5.22. The number of ketones is 1. The first-order chi connectivity index (χ1) is 14.3. The highest BCUT2D eigenvalue weighted by Crippen LogP contribution is 2.43. The van der Waals surface area contributed by atoms with Gasteiger partial charge in [0, 0.05) is 16.1 Å². The zero-order chi connectivity index (χ0) is 21.5. The number of fused-ring (bicyclic) bond motifs is 1. The molecule has 3 aromatic rings. The van der Waals surface area contributed by atoms with Crippen molar-refractivity contribution in [3.05, 3.63) is 99.6 Å². The molecule has 0 saturated heterocycles. The van der Waals surface area contributed by atoms with Crippen LogP contribution >= 0.6 is 11.6 Å². The lowest BCUT2D eigenvalue weighted by atomic mass is 9.88. The van der Waals surface area contributed by atoms with E-state index in [4.69, 9.17) is 11.6 Å². The molecule has 0 aliphatic carbocycles. The zero-order valence-electron chi connectivity index (χ0n) is 16.9. The van der Waals surface area contributed by atoms with Crippen LogP contribution < -0.4 is 4.90 Å². The van der Waals surface area contributed by atoms with E-state index in [-0.39, 0.29) is 12.2 Å². The monoisotopic (exact) mass is 419 g/mol.